The van der Waals surface area contributed by atoms with Crippen molar-refractivity contribution in [2.45, 2.75) is 33.6 Å². The number of nitrogens with zero attached hydrogens (tertiary/aromatic N) is 2. The Labute approximate surface area is 156 Å². The number of fused-ring (bicyclic) bond motifs is 1. The Kier molecular flexibility index (Phi) is 5.12. The van der Waals surface area contributed by atoms with E-state index in [0.29, 0.717) is 29.9 Å². The second-order valence-electron chi connectivity index (χ2n) is 6.32. The number of imidazole rings is 1. The van der Waals surface area contributed by atoms with Gasteiger partial charge in [0.25, 0.3) is 0 Å². The molecule has 7 heteroatoms. The van der Waals surface area contributed by atoms with Crippen molar-refractivity contribution < 1.29 is 19.4 Å². The fourth-order valence-corrected chi connectivity index (χ4v) is 3.00. The van der Waals surface area contributed by atoms with Crippen molar-refractivity contribution in [1.82, 2.24) is 9.38 Å². The highest BCUT2D eigenvalue weighted by molar-refractivity contribution is 5.90. The average molecular weight is 367 g/mol. The lowest BCUT2D eigenvalue weighted by atomic mass is 10.1. The van der Waals surface area contributed by atoms with Crippen molar-refractivity contribution in [2.24, 2.45) is 0 Å². The molecule has 3 aromatic rings. The van der Waals surface area contributed by atoms with Crippen LogP contribution in [0.25, 0.3) is 5.65 Å². The van der Waals surface area contributed by atoms with Crippen molar-refractivity contribution in [1.29, 1.82) is 0 Å². The SMILES string of the molecule is CC(=O)Nc1cccc(CCc2nc3cc(OC(C)=O)ccn3c2C)c1O. The number of ether oxygens (including phenoxy) is 1. The van der Waals surface area contributed by atoms with E-state index in [9.17, 15) is 14.7 Å². The summed E-state index contributed by atoms with van der Waals surface area (Å²) in [4.78, 5) is 27.0. The van der Waals surface area contributed by atoms with Gasteiger partial charge in [0.1, 0.15) is 17.1 Å². The minimum Gasteiger partial charge on any atom is -0.505 e. The van der Waals surface area contributed by atoms with Crippen LogP contribution in [0.15, 0.2) is 36.5 Å². The number of rotatable bonds is 5. The van der Waals surface area contributed by atoms with E-state index in [1.807, 2.05) is 23.6 Å². The standard InChI is InChI=1S/C20H21N3O4/c1-12-17(22-19-11-16(27-14(3)25)9-10-23(12)19)8-7-15-5-4-6-18(20(15)26)21-13(2)24/h4-6,9-11,26H,7-8H2,1-3H3,(H,21,24). The van der Waals surface area contributed by atoms with Crippen LogP contribution in [0.1, 0.15) is 30.8 Å². The summed E-state index contributed by atoms with van der Waals surface area (Å²) >= 11 is 0. The Morgan fingerprint density at radius 2 is 2.00 bits per heavy atom. The second kappa shape index (κ2) is 7.49. The number of amides is 1. The first-order chi connectivity index (χ1) is 12.8. The summed E-state index contributed by atoms with van der Waals surface area (Å²) in [6.07, 6.45) is 3.00. The first kappa shape index (κ1) is 18.4. The van der Waals surface area contributed by atoms with Crippen molar-refractivity contribution in [2.75, 3.05) is 5.32 Å². The van der Waals surface area contributed by atoms with Gasteiger partial charge in [-0.1, -0.05) is 12.1 Å². The third kappa shape index (κ3) is 4.08. The molecule has 0 unspecified atom stereocenters. The van der Waals surface area contributed by atoms with Crippen LogP contribution in [0.2, 0.25) is 0 Å². The predicted molar refractivity (Wildman–Crippen MR) is 101 cm³/mol. The number of nitrogens with one attached hydrogen (secondary N) is 1. The molecule has 0 saturated carbocycles. The van der Waals surface area contributed by atoms with E-state index in [1.54, 1.807) is 24.3 Å². The highest BCUT2D eigenvalue weighted by atomic mass is 16.5. The summed E-state index contributed by atoms with van der Waals surface area (Å²) < 4.78 is 7.03. The molecule has 0 aliphatic heterocycles. The molecule has 7 nitrogen and oxygen atoms in total. The van der Waals surface area contributed by atoms with Crippen molar-refractivity contribution in [3.63, 3.8) is 0 Å². The fraction of sp³-hybridized carbons (Fsp3) is 0.250. The molecule has 140 valence electrons. The summed E-state index contributed by atoms with van der Waals surface area (Å²) in [5, 5.41) is 13.0. The number of esters is 1. The number of aryl methyl sites for hydroxylation is 3. The summed E-state index contributed by atoms with van der Waals surface area (Å²) in [7, 11) is 0. The third-order valence-corrected chi connectivity index (χ3v) is 4.26. The maximum atomic E-state index is 11.2. The fourth-order valence-electron chi connectivity index (χ4n) is 3.00. The van der Waals surface area contributed by atoms with E-state index in [4.69, 9.17) is 4.74 Å². The van der Waals surface area contributed by atoms with Gasteiger partial charge in [-0.3, -0.25) is 9.59 Å². The van der Waals surface area contributed by atoms with Crippen LogP contribution in [0.5, 0.6) is 11.5 Å². The van der Waals surface area contributed by atoms with E-state index in [2.05, 4.69) is 10.3 Å². The molecular weight excluding hydrogens is 346 g/mol. The van der Waals surface area contributed by atoms with Gasteiger partial charge < -0.3 is 19.6 Å². The first-order valence-electron chi connectivity index (χ1n) is 8.59. The number of aromatic hydroxyl groups is 1. The Morgan fingerprint density at radius 1 is 1.22 bits per heavy atom. The number of hydrogen-bond donors (Lipinski definition) is 2. The lowest BCUT2D eigenvalue weighted by Gasteiger charge is -2.09. The number of benzene rings is 1. The Bertz CT molecular complexity index is 1020. The zero-order valence-electron chi connectivity index (χ0n) is 15.4. The molecule has 0 bridgehead atoms. The van der Waals surface area contributed by atoms with E-state index in [0.717, 1.165) is 17.0 Å². The molecular formula is C20H21N3O4. The van der Waals surface area contributed by atoms with Gasteiger partial charge in [0.2, 0.25) is 5.91 Å². The molecule has 2 N–H and O–H groups in total. The normalized spacial score (nSPS) is 10.8. The van der Waals surface area contributed by atoms with Crippen LogP contribution in [0.3, 0.4) is 0 Å². The monoisotopic (exact) mass is 367 g/mol. The van der Waals surface area contributed by atoms with Gasteiger partial charge in [-0.25, -0.2) is 4.98 Å². The minimum atomic E-state index is -0.377. The number of carbonyl (C=O) groups is 2. The number of phenols is 1. The van der Waals surface area contributed by atoms with Gasteiger partial charge in [0, 0.05) is 31.8 Å². The summed E-state index contributed by atoms with van der Waals surface area (Å²) in [5.74, 6) is -0.0851. The van der Waals surface area contributed by atoms with Gasteiger partial charge in [-0.2, -0.15) is 0 Å². The van der Waals surface area contributed by atoms with Crippen LogP contribution < -0.4 is 10.1 Å². The number of pyridine rings is 1. The molecule has 0 aliphatic rings. The van der Waals surface area contributed by atoms with Gasteiger partial charge in [0.15, 0.2) is 0 Å². The number of anilines is 1. The summed E-state index contributed by atoms with van der Waals surface area (Å²) in [6.45, 7) is 4.72. The molecule has 1 amide bonds. The number of hydrogen-bond acceptors (Lipinski definition) is 5. The molecule has 27 heavy (non-hydrogen) atoms. The van der Waals surface area contributed by atoms with Gasteiger partial charge >= 0.3 is 5.97 Å². The van der Waals surface area contributed by atoms with Gasteiger partial charge in [0.05, 0.1) is 11.4 Å². The first-order valence-corrected chi connectivity index (χ1v) is 8.59. The second-order valence-corrected chi connectivity index (χ2v) is 6.32. The molecule has 0 radical (unpaired) electrons. The maximum absolute atomic E-state index is 11.2. The molecule has 0 aliphatic carbocycles. The highest BCUT2D eigenvalue weighted by Crippen LogP contribution is 2.29. The molecule has 0 saturated heterocycles. The molecule has 2 heterocycles. The van der Waals surface area contributed by atoms with E-state index in [1.165, 1.54) is 13.8 Å². The predicted octanol–water partition coefficient (Wildman–Crippen LogP) is 3.02. The van der Waals surface area contributed by atoms with Crippen molar-refractivity contribution >= 4 is 23.2 Å². The van der Waals surface area contributed by atoms with Gasteiger partial charge in [-0.05, 0) is 37.5 Å². The lowest BCUT2D eigenvalue weighted by Crippen LogP contribution is -2.06. The quantitative estimate of drug-likeness (QED) is 0.534. The van der Waals surface area contributed by atoms with Crippen LogP contribution in [0.4, 0.5) is 5.69 Å². The zero-order chi connectivity index (χ0) is 19.6. The Hall–Kier alpha value is -3.35. The van der Waals surface area contributed by atoms with Crippen molar-refractivity contribution in [3.8, 4) is 11.5 Å². The molecule has 1 aromatic carbocycles. The number of carbonyl (C=O) groups excluding carboxylic acids is 2. The average Bonchev–Trinajstić information content (AvgIpc) is 2.90. The Morgan fingerprint density at radius 3 is 2.70 bits per heavy atom. The molecule has 2 aromatic heterocycles. The van der Waals surface area contributed by atoms with E-state index in [-0.39, 0.29) is 17.6 Å². The van der Waals surface area contributed by atoms with Crippen LogP contribution in [-0.2, 0) is 22.4 Å². The van der Waals surface area contributed by atoms with Crippen molar-refractivity contribution in [3.05, 3.63) is 53.5 Å². The smallest absolute Gasteiger partial charge is 0.308 e. The third-order valence-electron chi connectivity index (χ3n) is 4.26. The summed E-state index contributed by atoms with van der Waals surface area (Å²) in [5.41, 5.74) is 3.70. The maximum Gasteiger partial charge on any atom is 0.308 e. The number of para-hydroxylation sites is 1. The number of phenolic OH excluding ortho intramolecular Hbond substituents is 1. The highest BCUT2D eigenvalue weighted by Gasteiger charge is 2.13. The van der Waals surface area contributed by atoms with Gasteiger partial charge in [-0.15, -0.1) is 0 Å². The topological polar surface area (TPSA) is 92.9 Å². The minimum absolute atomic E-state index is 0.0752. The Balaban J connectivity index is 1.82. The lowest BCUT2D eigenvalue weighted by molar-refractivity contribution is -0.131. The van der Waals surface area contributed by atoms with Crippen LogP contribution >= 0.6 is 0 Å². The van der Waals surface area contributed by atoms with Crippen LogP contribution in [-0.4, -0.2) is 26.4 Å². The van der Waals surface area contributed by atoms with E-state index < -0.39 is 0 Å². The molecule has 0 fully saturated rings. The molecule has 0 atom stereocenters. The number of aromatic nitrogens is 2. The largest absolute Gasteiger partial charge is 0.505 e. The molecule has 3 rings (SSSR count). The van der Waals surface area contributed by atoms with E-state index >= 15 is 0 Å². The summed E-state index contributed by atoms with van der Waals surface area (Å²) in [6, 6.07) is 8.71. The van der Waals surface area contributed by atoms with Crippen LogP contribution in [0, 0.1) is 6.92 Å². The zero-order valence-corrected chi connectivity index (χ0v) is 15.4. The molecule has 0 spiro atoms.